The molecule has 4 heteroatoms. The summed E-state index contributed by atoms with van der Waals surface area (Å²) in [6.07, 6.45) is 3.72. The molecular weight excluding hydrogens is 304 g/mol. The van der Waals surface area contributed by atoms with Crippen LogP contribution in [0.1, 0.15) is 16.7 Å². The minimum atomic E-state index is 0.824. The molecule has 100 valence electrons. The molecule has 1 N–H and O–H groups in total. The van der Waals surface area contributed by atoms with Gasteiger partial charge in [-0.15, -0.1) is 0 Å². The van der Waals surface area contributed by atoms with E-state index in [0.717, 1.165) is 23.3 Å². The van der Waals surface area contributed by atoms with E-state index >= 15 is 0 Å². The van der Waals surface area contributed by atoms with Gasteiger partial charge in [0.15, 0.2) is 0 Å². The number of rotatable bonds is 5. The SMILES string of the molecule is COc1ccc(CNCc2ccncc2C)cc1Br. The molecule has 1 heterocycles. The van der Waals surface area contributed by atoms with E-state index < -0.39 is 0 Å². The number of nitrogens with zero attached hydrogens (tertiary/aromatic N) is 1. The van der Waals surface area contributed by atoms with Gasteiger partial charge < -0.3 is 10.1 Å². The van der Waals surface area contributed by atoms with Crippen LogP contribution in [0.2, 0.25) is 0 Å². The Morgan fingerprint density at radius 1 is 1.26 bits per heavy atom. The number of pyridine rings is 1. The van der Waals surface area contributed by atoms with Gasteiger partial charge in [-0.1, -0.05) is 6.07 Å². The summed E-state index contributed by atoms with van der Waals surface area (Å²) in [5.74, 6) is 0.855. The lowest BCUT2D eigenvalue weighted by molar-refractivity contribution is 0.412. The molecule has 0 unspecified atom stereocenters. The lowest BCUT2D eigenvalue weighted by Gasteiger charge is -2.09. The van der Waals surface area contributed by atoms with Gasteiger partial charge in [-0.05, 0) is 57.7 Å². The standard InChI is InChI=1S/C15H17BrN2O/c1-11-8-17-6-5-13(11)10-18-9-12-3-4-15(19-2)14(16)7-12/h3-8,18H,9-10H2,1-2H3. The highest BCUT2D eigenvalue weighted by Crippen LogP contribution is 2.25. The van der Waals surface area contributed by atoms with Crippen molar-refractivity contribution in [1.82, 2.24) is 10.3 Å². The minimum Gasteiger partial charge on any atom is -0.496 e. The Morgan fingerprint density at radius 3 is 2.79 bits per heavy atom. The van der Waals surface area contributed by atoms with E-state index in [2.05, 4.69) is 45.3 Å². The number of aryl methyl sites for hydroxylation is 1. The fourth-order valence-electron chi connectivity index (χ4n) is 1.86. The highest BCUT2D eigenvalue weighted by molar-refractivity contribution is 9.10. The molecule has 1 aromatic carbocycles. The summed E-state index contributed by atoms with van der Waals surface area (Å²) in [6, 6.07) is 8.16. The van der Waals surface area contributed by atoms with Crippen molar-refractivity contribution in [3.63, 3.8) is 0 Å². The van der Waals surface area contributed by atoms with Crippen LogP contribution >= 0.6 is 15.9 Å². The summed E-state index contributed by atoms with van der Waals surface area (Å²) in [5, 5.41) is 3.43. The van der Waals surface area contributed by atoms with Gasteiger partial charge in [0.1, 0.15) is 5.75 Å². The molecule has 2 rings (SSSR count). The highest BCUT2D eigenvalue weighted by Gasteiger charge is 2.02. The second-order valence-electron chi connectivity index (χ2n) is 4.37. The Bertz CT molecular complexity index is 558. The number of methoxy groups -OCH3 is 1. The minimum absolute atomic E-state index is 0.824. The number of hydrogen-bond acceptors (Lipinski definition) is 3. The molecule has 19 heavy (non-hydrogen) atoms. The first-order chi connectivity index (χ1) is 9.20. The average molecular weight is 321 g/mol. The van der Waals surface area contributed by atoms with E-state index in [1.165, 1.54) is 16.7 Å². The number of halogens is 1. The zero-order valence-electron chi connectivity index (χ0n) is 11.1. The number of ether oxygens (including phenoxy) is 1. The van der Waals surface area contributed by atoms with Gasteiger partial charge in [0, 0.05) is 25.5 Å². The summed E-state index contributed by atoms with van der Waals surface area (Å²) in [5.41, 5.74) is 3.72. The molecule has 0 amide bonds. The van der Waals surface area contributed by atoms with E-state index in [1.54, 1.807) is 7.11 Å². The zero-order valence-corrected chi connectivity index (χ0v) is 12.7. The molecule has 0 radical (unpaired) electrons. The maximum absolute atomic E-state index is 5.22. The molecule has 3 nitrogen and oxygen atoms in total. The van der Waals surface area contributed by atoms with Crippen LogP contribution in [0.5, 0.6) is 5.75 Å². The van der Waals surface area contributed by atoms with Gasteiger partial charge in [-0.3, -0.25) is 4.98 Å². The van der Waals surface area contributed by atoms with E-state index in [-0.39, 0.29) is 0 Å². The number of benzene rings is 1. The molecule has 2 aromatic rings. The van der Waals surface area contributed by atoms with Crippen molar-refractivity contribution in [2.75, 3.05) is 7.11 Å². The highest BCUT2D eigenvalue weighted by atomic mass is 79.9. The third kappa shape index (κ3) is 3.78. The largest absolute Gasteiger partial charge is 0.496 e. The molecule has 1 aromatic heterocycles. The Hall–Kier alpha value is -1.39. The van der Waals surface area contributed by atoms with Crippen LogP contribution in [0.3, 0.4) is 0 Å². The third-order valence-electron chi connectivity index (χ3n) is 3.00. The molecular formula is C15H17BrN2O. The van der Waals surface area contributed by atoms with Gasteiger partial charge in [-0.25, -0.2) is 0 Å². The van der Waals surface area contributed by atoms with Gasteiger partial charge in [0.05, 0.1) is 11.6 Å². The molecule has 0 aliphatic heterocycles. The van der Waals surface area contributed by atoms with Crippen LogP contribution < -0.4 is 10.1 Å². The molecule has 0 atom stereocenters. The molecule has 0 aliphatic rings. The van der Waals surface area contributed by atoms with E-state index in [1.807, 2.05) is 24.5 Å². The zero-order chi connectivity index (χ0) is 13.7. The van der Waals surface area contributed by atoms with E-state index in [9.17, 15) is 0 Å². The quantitative estimate of drug-likeness (QED) is 0.916. The first kappa shape index (κ1) is 14.0. The van der Waals surface area contributed by atoms with Crippen molar-refractivity contribution < 1.29 is 4.74 Å². The third-order valence-corrected chi connectivity index (χ3v) is 3.62. The molecule has 0 spiro atoms. The number of aromatic nitrogens is 1. The normalized spacial score (nSPS) is 10.5. The van der Waals surface area contributed by atoms with Crippen molar-refractivity contribution >= 4 is 15.9 Å². The first-order valence-electron chi connectivity index (χ1n) is 6.13. The van der Waals surface area contributed by atoms with Gasteiger partial charge in [0.25, 0.3) is 0 Å². The van der Waals surface area contributed by atoms with Crippen molar-refractivity contribution in [3.8, 4) is 5.75 Å². The Balaban J connectivity index is 1.93. The summed E-state index contributed by atoms with van der Waals surface area (Å²) >= 11 is 3.49. The van der Waals surface area contributed by atoms with Crippen LogP contribution in [0, 0.1) is 6.92 Å². The summed E-state index contributed by atoms with van der Waals surface area (Å²) in [4.78, 5) is 4.09. The monoisotopic (exact) mass is 320 g/mol. The smallest absolute Gasteiger partial charge is 0.133 e. The Morgan fingerprint density at radius 2 is 2.11 bits per heavy atom. The Kier molecular flexibility index (Phi) is 4.93. The van der Waals surface area contributed by atoms with E-state index in [0.29, 0.717) is 0 Å². The second kappa shape index (κ2) is 6.68. The van der Waals surface area contributed by atoms with Crippen LogP contribution in [-0.2, 0) is 13.1 Å². The van der Waals surface area contributed by atoms with Gasteiger partial charge >= 0.3 is 0 Å². The fourth-order valence-corrected chi connectivity index (χ4v) is 2.45. The van der Waals surface area contributed by atoms with Crippen molar-refractivity contribution in [2.45, 2.75) is 20.0 Å². The predicted octanol–water partition coefficient (Wildman–Crippen LogP) is 3.45. The van der Waals surface area contributed by atoms with Crippen LogP contribution in [-0.4, -0.2) is 12.1 Å². The Labute approximate surface area is 122 Å². The van der Waals surface area contributed by atoms with Crippen molar-refractivity contribution in [3.05, 3.63) is 57.8 Å². The molecule has 0 bridgehead atoms. The van der Waals surface area contributed by atoms with Gasteiger partial charge in [-0.2, -0.15) is 0 Å². The summed E-state index contributed by atoms with van der Waals surface area (Å²) in [7, 11) is 1.67. The lowest BCUT2D eigenvalue weighted by atomic mass is 10.1. The molecule has 0 saturated carbocycles. The van der Waals surface area contributed by atoms with E-state index in [4.69, 9.17) is 4.74 Å². The van der Waals surface area contributed by atoms with Crippen molar-refractivity contribution in [1.29, 1.82) is 0 Å². The molecule has 0 fully saturated rings. The maximum Gasteiger partial charge on any atom is 0.133 e. The van der Waals surface area contributed by atoms with Crippen LogP contribution in [0.25, 0.3) is 0 Å². The number of nitrogens with one attached hydrogen (secondary N) is 1. The molecule has 0 saturated heterocycles. The van der Waals surface area contributed by atoms with Gasteiger partial charge in [0.2, 0.25) is 0 Å². The molecule has 0 aliphatic carbocycles. The average Bonchev–Trinajstić information content (AvgIpc) is 2.41. The number of hydrogen-bond donors (Lipinski definition) is 1. The van der Waals surface area contributed by atoms with Crippen LogP contribution in [0.4, 0.5) is 0 Å². The lowest BCUT2D eigenvalue weighted by Crippen LogP contribution is -2.13. The first-order valence-corrected chi connectivity index (χ1v) is 6.92. The predicted molar refractivity (Wildman–Crippen MR) is 80.2 cm³/mol. The second-order valence-corrected chi connectivity index (χ2v) is 5.23. The summed E-state index contributed by atoms with van der Waals surface area (Å²) < 4.78 is 6.20. The maximum atomic E-state index is 5.22. The topological polar surface area (TPSA) is 34.1 Å². The van der Waals surface area contributed by atoms with Crippen LogP contribution in [0.15, 0.2) is 41.1 Å². The summed E-state index contributed by atoms with van der Waals surface area (Å²) in [6.45, 7) is 3.75. The fraction of sp³-hybridized carbons (Fsp3) is 0.267. The van der Waals surface area contributed by atoms with Crippen molar-refractivity contribution in [2.24, 2.45) is 0 Å².